The summed E-state index contributed by atoms with van der Waals surface area (Å²) in [5, 5.41) is 0. The molecule has 0 spiro atoms. The van der Waals surface area contributed by atoms with Gasteiger partial charge in [0.1, 0.15) is 11.4 Å². The molecule has 5 nitrogen and oxygen atoms in total. The lowest BCUT2D eigenvalue weighted by Crippen LogP contribution is -2.47. The molecule has 9 heteroatoms. The van der Waals surface area contributed by atoms with Crippen LogP contribution in [0.3, 0.4) is 0 Å². The highest BCUT2D eigenvalue weighted by molar-refractivity contribution is 5.99. The van der Waals surface area contributed by atoms with Crippen molar-refractivity contribution in [2.75, 3.05) is 13.1 Å². The van der Waals surface area contributed by atoms with Crippen LogP contribution in [0.25, 0.3) is 11.3 Å². The van der Waals surface area contributed by atoms with Crippen molar-refractivity contribution in [3.8, 4) is 11.3 Å². The number of carbonyl (C=O) groups is 1. The second-order valence-corrected chi connectivity index (χ2v) is 8.16. The molecule has 1 fully saturated rings. The summed E-state index contributed by atoms with van der Waals surface area (Å²) in [6.07, 6.45) is 1.54. The first kappa shape index (κ1) is 22.8. The number of nitrogens with zero attached hydrogens (tertiary/aromatic N) is 4. The van der Waals surface area contributed by atoms with Crippen LogP contribution in [0.2, 0.25) is 0 Å². The van der Waals surface area contributed by atoms with Gasteiger partial charge in [0.05, 0.1) is 11.3 Å². The molecule has 1 amide bonds. The molecule has 0 N–H and O–H groups in total. The third-order valence-corrected chi connectivity index (χ3v) is 6.23. The number of piperidine rings is 1. The van der Waals surface area contributed by atoms with Crippen molar-refractivity contribution in [3.05, 3.63) is 78.0 Å². The number of pyridine rings is 3. The van der Waals surface area contributed by atoms with Gasteiger partial charge in [-0.25, -0.2) is 4.39 Å². The van der Waals surface area contributed by atoms with Crippen LogP contribution in [0, 0.1) is 0 Å². The molecule has 0 radical (unpaired) electrons. The van der Waals surface area contributed by atoms with E-state index in [1.165, 1.54) is 6.07 Å². The Labute approximate surface area is 188 Å². The van der Waals surface area contributed by atoms with E-state index in [1.54, 1.807) is 54.7 Å². The monoisotopic (exact) mass is 458 g/mol. The summed E-state index contributed by atoms with van der Waals surface area (Å²) in [4.78, 5) is 26.6. The van der Waals surface area contributed by atoms with E-state index in [9.17, 15) is 18.0 Å². The van der Waals surface area contributed by atoms with Crippen LogP contribution < -0.4 is 0 Å². The Morgan fingerprint density at radius 1 is 1.03 bits per heavy atom. The third-order valence-electron chi connectivity index (χ3n) is 6.23. The van der Waals surface area contributed by atoms with E-state index in [-0.39, 0.29) is 31.8 Å². The van der Waals surface area contributed by atoms with Gasteiger partial charge in [-0.1, -0.05) is 13.0 Å². The topological polar surface area (TPSA) is 59.0 Å². The standard InChI is InChI=1S/C24H22F4N4O/c1-16(18-4-5-20(31-15-18)24(26,27)28)23(25)8-13-32(14-9-23)22(33)19-3-2-10-30-21(19)17-6-11-29-12-7-17/h2-7,10-12,15-16H,8-9,13-14H2,1H3. The molecule has 3 aromatic rings. The smallest absolute Gasteiger partial charge is 0.338 e. The van der Waals surface area contributed by atoms with Crippen LogP contribution in [0.5, 0.6) is 0 Å². The fourth-order valence-corrected chi connectivity index (χ4v) is 4.13. The molecule has 3 aromatic heterocycles. The molecule has 1 aliphatic heterocycles. The molecular formula is C24H22F4N4O. The third kappa shape index (κ3) is 4.72. The molecule has 4 heterocycles. The first-order chi connectivity index (χ1) is 15.7. The van der Waals surface area contributed by atoms with Gasteiger partial charge in [-0.3, -0.25) is 19.7 Å². The summed E-state index contributed by atoms with van der Waals surface area (Å²) in [7, 11) is 0. The van der Waals surface area contributed by atoms with E-state index in [4.69, 9.17) is 0 Å². The minimum absolute atomic E-state index is 0.0752. The van der Waals surface area contributed by atoms with Crippen molar-refractivity contribution >= 4 is 5.91 Å². The lowest BCUT2D eigenvalue weighted by molar-refractivity contribution is -0.141. The number of carbonyl (C=O) groups excluding carboxylic acids is 1. The van der Waals surface area contributed by atoms with Crippen LogP contribution in [0.15, 0.2) is 61.2 Å². The van der Waals surface area contributed by atoms with Gasteiger partial charge in [0.2, 0.25) is 0 Å². The first-order valence-electron chi connectivity index (χ1n) is 10.6. The van der Waals surface area contributed by atoms with Crippen molar-refractivity contribution in [1.29, 1.82) is 0 Å². The highest BCUT2D eigenvalue weighted by Gasteiger charge is 2.42. The van der Waals surface area contributed by atoms with Gasteiger partial charge in [0, 0.05) is 49.4 Å². The highest BCUT2D eigenvalue weighted by Crippen LogP contribution is 2.40. The Bertz CT molecular complexity index is 1110. The Kier molecular flexibility index (Phi) is 6.14. The summed E-state index contributed by atoms with van der Waals surface area (Å²) < 4.78 is 54.1. The van der Waals surface area contributed by atoms with Crippen molar-refractivity contribution in [3.63, 3.8) is 0 Å². The van der Waals surface area contributed by atoms with Gasteiger partial charge in [-0.15, -0.1) is 0 Å². The zero-order valence-corrected chi connectivity index (χ0v) is 17.9. The average Bonchev–Trinajstić information content (AvgIpc) is 2.84. The number of rotatable bonds is 4. The number of hydrogen-bond acceptors (Lipinski definition) is 4. The molecule has 172 valence electrons. The quantitative estimate of drug-likeness (QED) is 0.498. The van der Waals surface area contributed by atoms with E-state index in [2.05, 4.69) is 15.0 Å². The van der Waals surface area contributed by atoms with Crippen molar-refractivity contribution < 1.29 is 22.4 Å². The molecule has 1 unspecified atom stereocenters. The molecule has 0 saturated carbocycles. The number of aromatic nitrogens is 3. The Morgan fingerprint density at radius 3 is 2.33 bits per heavy atom. The van der Waals surface area contributed by atoms with E-state index >= 15 is 4.39 Å². The van der Waals surface area contributed by atoms with Crippen molar-refractivity contribution in [2.24, 2.45) is 0 Å². The van der Waals surface area contributed by atoms with Crippen LogP contribution >= 0.6 is 0 Å². The maximum Gasteiger partial charge on any atom is 0.433 e. The second-order valence-electron chi connectivity index (χ2n) is 8.16. The molecule has 4 rings (SSSR count). The van der Waals surface area contributed by atoms with Gasteiger partial charge in [-0.2, -0.15) is 13.2 Å². The van der Waals surface area contributed by atoms with E-state index in [1.807, 2.05) is 0 Å². The zero-order valence-electron chi connectivity index (χ0n) is 17.9. The molecule has 33 heavy (non-hydrogen) atoms. The van der Waals surface area contributed by atoms with E-state index in [0.29, 0.717) is 16.8 Å². The predicted molar refractivity (Wildman–Crippen MR) is 114 cm³/mol. The summed E-state index contributed by atoms with van der Waals surface area (Å²) in [5.41, 5.74) is -0.539. The fraction of sp³-hybridized carbons (Fsp3) is 0.333. The van der Waals surface area contributed by atoms with Gasteiger partial charge >= 0.3 is 6.18 Å². The minimum Gasteiger partial charge on any atom is -0.338 e. The zero-order chi connectivity index (χ0) is 23.6. The molecule has 0 aromatic carbocycles. The predicted octanol–water partition coefficient (Wildman–Crippen LogP) is 5.31. The minimum atomic E-state index is -4.54. The van der Waals surface area contributed by atoms with Crippen LogP contribution in [0.4, 0.5) is 17.6 Å². The molecule has 1 aliphatic rings. The maximum absolute atomic E-state index is 15.8. The summed E-state index contributed by atoms with van der Waals surface area (Å²) in [6.45, 7) is 2.03. The molecule has 1 saturated heterocycles. The number of hydrogen-bond donors (Lipinski definition) is 0. The second kappa shape index (κ2) is 8.88. The highest BCUT2D eigenvalue weighted by atomic mass is 19.4. The average molecular weight is 458 g/mol. The van der Waals surface area contributed by atoms with E-state index in [0.717, 1.165) is 17.8 Å². The van der Waals surface area contributed by atoms with Crippen LogP contribution in [-0.2, 0) is 6.18 Å². The van der Waals surface area contributed by atoms with Crippen LogP contribution in [0.1, 0.15) is 47.3 Å². The lowest BCUT2D eigenvalue weighted by atomic mass is 9.78. The number of halogens is 4. The van der Waals surface area contributed by atoms with Gasteiger partial charge in [0.25, 0.3) is 5.91 Å². The fourth-order valence-electron chi connectivity index (χ4n) is 4.13. The maximum atomic E-state index is 15.8. The van der Waals surface area contributed by atoms with Gasteiger partial charge in [0.15, 0.2) is 0 Å². The van der Waals surface area contributed by atoms with Gasteiger partial charge in [-0.05, 0) is 48.7 Å². The van der Waals surface area contributed by atoms with Crippen LogP contribution in [-0.4, -0.2) is 44.5 Å². The SMILES string of the molecule is CC(c1ccc(C(F)(F)F)nc1)C1(F)CCN(C(=O)c2cccnc2-c2ccncc2)CC1. The summed E-state index contributed by atoms with van der Waals surface area (Å²) in [6, 6.07) is 9.05. The normalized spacial score (nSPS) is 16.9. The number of likely N-dealkylation sites (tertiary alicyclic amines) is 1. The largest absolute Gasteiger partial charge is 0.433 e. The number of alkyl halides is 4. The van der Waals surface area contributed by atoms with Gasteiger partial charge < -0.3 is 4.90 Å². The summed E-state index contributed by atoms with van der Waals surface area (Å²) >= 11 is 0. The Balaban J connectivity index is 1.47. The van der Waals surface area contributed by atoms with E-state index < -0.39 is 23.5 Å². The van der Waals surface area contributed by atoms with Crippen molar-refractivity contribution in [2.45, 2.75) is 37.5 Å². The molecule has 0 aliphatic carbocycles. The van der Waals surface area contributed by atoms with Crippen molar-refractivity contribution in [1.82, 2.24) is 19.9 Å². The lowest BCUT2D eigenvalue weighted by Gasteiger charge is -2.40. The number of amides is 1. The molecular weight excluding hydrogens is 436 g/mol. The molecule has 0 bridgehead atoms. The first-order valence-corrected chi connectivity index (χ1v) is 10.6. The molecule has 1 atom stereocenters. The Hall–Kier alpha value is -3.36. The summed E-state index contributed by atoms with van der Waals surface area (Å²) in [5.74, 6) is -0.892. The Morgan fingerprint density at radius 2 is 1.73 bits per heavy atom.